The van der Waals surface area contributed by atoms with Crippen molar-refractivity contribution in [2.24, 2.45) is 11.8 Å². The molecule has 1 aliphatic rings. The molecular formula is C35H37NO. The molecule has 0 spiro atoms. The van der Waals surface area contributed by atoms with Gasteiger partial charge in [0.15, 0.2) is 0 Å². The van der Waals surface area contributed by atoms with Crippen molar-refractivity contribution in [2.75, 3.05) is 0 Å². The summed E-state index contributed by atoms with van der Waals surface area (Å²) < 4.78 is 6.36. The van der Waals surface area contributed by atoms with Crippen LogP contribution in [0.15, 0.2) is 71.3 Å². The fourth-order valence-corrected chi connectivity index (χ4v) is 6.82. The first kappa shape index (κ1) is 24.0. The van der Waals surface area contributed by atoms with Crippen molar-refractivity contribution in [3.63, 3.8) is 0 Å². The molecule has 1 fully saturated rings. The fourth-order valence-electron chi connectivity index (χ4n) is 6.82. The lowest BCUT2D eigenvalue weighted by molar-refractivity contribution is 0.347. The summed E-state index contributed by atoms with van der Waals surface area (Å²) in [6.45, 7) is 11.3. The van der Waals surface area contributed by atoms with Crippen LogP contribution in [0.1, 0.15) is 67.7 Å². The SMILES string of the molecule is Cc1ccc(C)c(-c2ccc3c(c2)oc2ccc(-c4cc(C(C(C)C)C5CCCC5)ccn4)cc23)c1C. The highest BCUT2D eigenvalue weighted by Gasteiger charge is 2.29. The summed E-state index contributed by atoms with van der Waals surface area (Å²) in [7, 11) is 0. The maximum absolute atomic E-state index is 6.36. The lowest BCUT2D eigenvalue weighted by Gasteiger charge is -2.28. The number of benzene rings is 3. The van der Waals surface area contributed by atoms with Crippen LogP contribution in [0.3, 0.4) is 0 Å². The van der Waals surface area contributed by atoms with Crippen LogP contribution in [0.2, 0.25) is 0 Å². The van der Waals surface area contributed by atoms with Gasteiger partial charge in [-0.25, -0.2) is 0 Å². The van der Waals surface area contributed by atoms with E-state index in [0.29, 0.717) is 11.8 Å². The minimum Gasteiger partial charge on any atom is -0.456 e. The number of hydrogen-bond donors (Lipinski definition) is 0. The maximum Gasteiger partial charge on any atom is 0.136 e. The van der Waals surface area contributed by atoms with E-state index in [9.17, 15) is 0 Å². The number of rotatable bonds is 5. The molecule has 6 rings (SSSR count). The molecule has 0 aliphatic heterocycles. The molecule has 2 heteroatoms. The van der Waals surface area contributed by atoms with Gasteiger partial charge in [-0.1, -0.05) is 44.9 Å². The van der Waals surface area contributed by atoms with Crippen LogP contribution in [0.5, 0.6) is 0 Å². The van der Waals surface area contributed by atoms with Gasteiger partial charge >= 0.3 is 0 Å². The zero-order valence-corrected chi connectivity index (χ0v) is 22.8. The van der Waals surface area contributed by atoms with Crippen molar-refractivity contribution < 1.29 is 4.42 Å². The van der Waals surface area contributed by atoms with Crippen molar-refractivity contribution in [1.29, 1.82) is 0 Å². The average Bonchev–Trinajstić information content (AvgIpc) is 3.54. The molecule has 1 aliphatic carbocycles. The normalized spacial score (nSPS) is 15.3. The van der Waals surface area contributed by atoms with Gasteiger partial charge in [-0.05, 0) is 127 Å². The third kappa shape index (κ3) is 4.27. The summed E-state index contributed by atoms with van der Waals surface area (Å²) in [5, 5.41) is 2.31. The second-order valence-electron chi connectivity index (χ2n) is 11.5. The zero-order chi connectivity index (χ0) is 25.7. The van der Waals surface area contributed by atoms with E-state index in [1.54, 1.807) is 0 Å². The fraction of sp³-hybridized carbons (Fsp3) is 0.343. The van der Waals surface area contributed by atoms with Gasteiger partial charge in [-0.15, -0.1) is 0 Å². The molecule has 2 aromatic heterocycles. The van der Waals surface area contributed by atoms with E-state index >= 15 is 0 Å². The Labute approximate surface area is 220 Å². The lowest BCUT2D eigenvalue weighted by Crippen LogP contribution is -2.16. The van der Waals surface area contributed by atoms with Crippen LogP contribution >= 0.6 is 0 Å². The Balaban J connectivity index is 1.41. The van der Waals surface area contributed by atoms with Gasteiger partial charge in [0.05, 0.1) is 5.69 Å². The standard InChI is InChI=1S/C35H37NO/c1-21(2)34(25-8-6-7-9-25)28-16-17-36-31(19-28)26-13-15-32-30(18-26)29-14-12-27(20-33(29)37-32)35-23(4)11-10-22(3)24(35)5/h10-21,25,34H,6-9H2,1-5H3. The van der Waals surface area contributed by atoms with Gasteiger partial charge in [-0.3, -0.25) is 4.98 Å². The Morgan fingerprint density at radius 1 is 0.757 bits per heavy atom. The van der Waals surface area contributed by atoms with Gasteiger partial charge in [0.25, 0.3) is 0 Å². The lowest BCUT2D eigenvalue weighted by atomic mass is 9.77. The highest BCUT2D eigenvalue weighted by Crippen LogP contribution is 2.42. The molecule has 3 aromatic carbocycles. The maximum atomic E-state index is 6.36. The molecule has 5 aromatic rings. The molecule has 1 unspecified atom stereocenters. The predicted octanol–water partition coefficient (Wildman–Crippen LogP) is 10.2. The Kier molecular flexibility index (Phi) is 6.15. The van der Waals surface area contributed by atoms with Crippen LogP contribution in [-0.4, -0.2) is 4.98 Å². The highest BCUT2D eigenvalue weighted by molar-refractivity contribution is 6.07. The molecule has 188 valence electrons. The van der Waals surface area contributed by atoms with E-state index < -0.39 is 0 Å². The number of pyridine rings is 1. The summed E-state index contributed by atoms with van der Waals surface area (Å²) in [6.07, 6.45) is 7.47. The van der Waals surface area contributed by atoms with E-state index in [0.717, 1.165) is 39.1 Å². The van der Waals surface area contributed by atoms with Crippen LogP contribution in [0, 0.1) is 32.6 Å². The number of hydrogen-bond acceptors (Lipinski definition) is 2. The van der Waals surface area contributed by atoms with Crippen molar-refractivity contribution >= 4 is 21.9 Å². The second-order valence-corrected chi connectivity index (χ2v) is 11.5. The van der Waals surface area contributed by atoms with Crippen molar-refractivity contribution in [1.82, 2.24) is 4.98 Å². The van der Waals surface area contributed by atoms with Crippen molar-refractivity contribution in [3.05, 3.63) is 89.1 Å². The predicted molar refractivity (Wildman–Crippen MR) is 156 cm³/mol. The average molecular weight is 488 g/mol. The number of aryl methyl sites for hydroxylation is 2. The Morgan fingerprint density at radius 3 is 2.30 bits per heavy atom. The topological polar surface area (TPSA) is 26.0 Å². The van der Waals surface area contributed by atoms with Gasteiger partial charge in [0, 0.05) is 22.5 Å². The van der Waals surface area contributed by atoms with Gasteiger partial charge in [0.2, 0.25) is 0 Å². The number of aromatic nitrogens is 1. The van der Waals surface area contributed by atoms with Gasteiger partial charge < -0.3 is 4.42 Å². The van der Waals surface area contributed by atoms with Crippen LogP contribution in [0.4, 0.5) is 0 Å². The Bertz CT molecular complexity index is 1600. The van der Waals surface area contributed by atoms with E-state index in [-0.39, 0.29) is 0 Å². The molecule has 1 atom stereocenters. The molecule has 1 saturated carbocycles. The van der Waals surface area contributed by atoms with Crippen LogP contribution < -0.4 is 0 Å². The third-order valence-electron chi connectivity index (χ3n) is 8.79. The summed E-state index contributed by atoms with van der Waals surface area (Å²) in [5.74, 6) is 2.04. The number of nitrogens with zero attached hydrogens (tertiary/aromatic N) is 1. The van der Waals surface area contributed by atoms with Crippen molar-refractivity contribution in [3.8, 4) is 22.4 Å². The van der Waals surface area contributed by atoms with Crippen molar-refractivity contribution in [2.45, 2.75) is 66.2 Å². The Morgan fingerprint density at radius 2 is 1.51 bits per heavy atom. The smallest absolute Gasteiger partial charge is 0.136 e. The molecular weight excluding hydrogens is 450 g/mol. The van der Waals surface area contributed by atoms with Gasteiger partial charge in [0.1, 0.15) is 11.2 Å². The summed E-state index contributed by atoms with van der Waals surface area (Å²) in [5.41, 5.74) is 12.0. The molecule has 0 saturated heterocycles. The molecule has 2 heterocycles. The first-order valence-electron chi connectivity index (χ1n) is 13.9. The van der Waals surface area contributed by atoms with E-state index in [1.165, 1.54) is 59.1 Å². The third-order valence-corrected chi connectivity index (χ3v) is 8.79. The van der Waals surface area contributed by atoms with E-state index in [1.807, 2.05) is 6.20 Å². The number of fused-ring (bicyclic) bond motifs is 3. The van der Waals surface area contributed by atoms with E-state index in [4.69, 9.17) is 9.40 Å². The van der Waals surface area contributed by atoms with Crippen LogP contribution in [0.25, 0.3) is 44.3 Å². The summed E-state index contributed by atoms with van der Waals surface area (Å²) >= 11 is 0. The minimum atomic E-state index is 0.606. The molecule has 0 N–H and O–H groups in total. The summed E-state index contributed by atoms with van der Waals surface area (Å²) in [4.78, 5) is 4.80. The summed E-state index contributed by atoms with van der Waals surface area (Å²) in [6, 6.07) is 22.2. The zero-order valence-electron chi connectivity index (χ0n) is 22.8. The highest BCUT2D eigenvalue weighted by atomic mass is 16.3. The molecule has 0 bridgehead atoms. The largest absolute Gasteiger partial charge is 0.456 e. The Hall–Kier alpha value is -3.39. The van der Waals surface area contributed by atoms with Crippen LogP contribution in [-0.2, 0) is 0 Å². The second kappa shape index (κ2) is 9.49. The van der Waals surface area contributed by atoms with E-state index in [2.05, 4.69) is 95.3 Å². The quantitative estimate of drug-likeness (QED) is 0.246. The first-order chi connectivity index (χ1) is 17.9. The number of furan rings is 1. The first-order valence-corrected chi connectivity index (χ1v) is 13.9. The molecule has 2 nitrogen and oxygen atoms in total. The molecule has 37 heavy (non-hydrogen) atoms. The molecule has 0 radical (unpaired) electrons. The molecule has 0 amide bonds. The van der Waals surface area contributed by atoms with Gasteiger partial charge in [-0.2, -0.15) is 0 Å². The monoisotopic (exact) mass is 487 g/mol. The minimum absolute atomic E-state index is 0.606.